The molecule has 11 heteroatoms. The zero-order valence-corrected chi connectivity index (χ0v) is 20.5. The molecule has 0 unspecified atom stereocenters. The minimum absolute atomic E-state index is 0.0959. The zero-order chi connectivity index (χ0) is 26.8. The lowest BCUT2D eigenvalue weighted by molar-refractivity contribution is 0.102. The molecule has 0 aliphatic carbocycles. The van der Waals surface area contributed by atoms with Crippen LogP contribution in [0.2, 0.25) is 0 Å². The van der Waals surface area contributed by atoms with Crippen molar-refractivity contribution in [2.45, 2.75) is 6.92 Å². The third-order valence-corrected chi connectivity index (χ3v) is 5.68. The van der Waals surface area contributed by atoms with Gasteiger partial charge >= 0.3 is 0 Å². The summed E-state index contributed by atoms with van der Waals surface area (Å²) in [6.07, 6.45) is 4.19. The summed E-state index contributed by atoms with van der Waals surface area (Å²) in [4.78, 5) is 25.7. The summed E-state index contributed by atoms with van der Waals surface area (Å²) in [6.45, 7) is 1.68. The van der Waals surface area contributed by atoms with Crippen LogP contribution in [0.25, 0.3) is 22.4 Å². The standard InChI is InChI=1S/C27H21FN4O6/c1-14-23(20-5-4-10-37-20)25(33)16(13-30-14)26(34)31-15-6-7-19(17(28)11-15)38-21-8-9-29-18-12-22(35-2)27(36-3)32-24(18)21/h4-13H,1-3H3,(H,30,33)(H,31,34). The summed E-state index contributed by atoms with van der Waals surface area (Å²) >= 11 is 0. The van der Waals surface area contributed by atoms with Crippen LogP contribution in [0.15, 0.2) is 65.5 Å². The van der Waals surface area contributed by atoms with Gasteiger partial charge in [-0.25, -0.2) is 9.37 Å². The van der Waals surface area contributed by atoms with Gasteiger partial charge in [-0.05, 0) is 31.2 Å². The number of amides is 1. The first-order valence-corrected chi connectivity index (χ1v) is 11.3. The van der Waals surface area contributed by atoms with E-state index in [1.54, 1.807) is 31.2 Å². The molecule has 0 saturated heterocycles. The number of methoxy groups -OCH3 is 2. The average molecular weight is 516 g/mol. The van der Waals surface area contributed by atoms with Crippen molar-refractivity contribution in [3.05, 3.63) is 78.2 Å². The Bertz CT molecular complexity index is 1660. The first-order chi connectivity index (χ1) is 18.4. The van der Waals surface area contributed by atoms with Crippen molar-refractivity contribution < 1.29 is 32.9 Å². The van der Waals surface area contributed by atoms with Gasteiger partial charge in [-0.2, -0.15) is 0 Å². The number of hydrogen-bond donors (Lipinski definition) is 2. The van der Waals surface area contributed by atoms with E-state index in [1.165, 1.54) is 45.0 Å². The van der Waals surface area contributed by atoms with Gasteiger partial charge in [0.1, 0.15) is 22.6 Å². The van der Waals surface area contributed by atoms with Crippen molar-refractivity contribution in [2.24, 2.45) is 0 Å². The number of aromatic nitrogens is 3. The summed E-state index contributed by atoms with van der Waals surface area (Å²) in [5, 5.41) is 13.3. The number of nitrogens with one attached hydrogen (secondary N) is 1. The first kappa shape index (κ1) is 24.5. The molecule has 0 spiro atoms. The van der Waals surface area contributed by atoms with Gasteiger partial charge in [0.05, 0.1) is 37.3 Å². The molecule has 4 heterocycles. The van der Waals surface area contributed by atoms with Crippen molar-refractivity contribution in [1.29, 1.82) is 0 Å². The fourth-order valence-corrected chi connectivity index (χ4v) is 3.84. The molecule has 10 nitrogen and oxygen atoms in total. The van der Waals surface area contributed by atoms with Gasteiger partial charge in [0.2, 0.25) is 0 Å². The minimum Gasteiger partial charge on any atom is -0.506 e. The van der Waals surface area contributed by atoms with E-state index in [1.807, 2.05) is 0 Å². The largest absolute Gasteiger partial charge is 0.506 e. The second-order valence-electron chi connectivity index (χ2n) is 8.04. The molecule has 1 amide bonds. The lowest BCUT2D eigenvalue weighted by Gasteiger charge is -2.13. The Morgan fingerprint density at radius 2 is 1.89 bits per heavy atom. The van der Waals surface area contributed by atoms with E-state index in [0.29, 0.717) is 33.8 Å². The van der Waals surface area contributed by atoms with Crippen molar-refractivity contribution in [3.8, 4) is 40.2 Å². The highest BCUT2D eigenvalue weighted by molar-refractivity contribution is 6.07. The molecule has 2 N–H and O–H groups in total. The number of pyridine rings is 3. The molecule has 0 atom stereocenters. The molecule has 5 aromatic rings. The number of aromatic hydroxyl groups is 1. The molecule has 0 aliphatic heterocycles. The number of nitrogens with zero attached hydrogens (tertiary/aromatic N) is 3. The molecule has 0 aliphatic rings. The summed E-state index contributed by atoms with van der Waals surface area (Å²) in [6, 6.07) is 10.4. The van der Waals surface area contributed by atoms with E-state index in [2.05, 4.69) is 20.3 Å². The molecule has 4 aromatic heterocycles. The molecule has 0 radical (unpaired) electrons. The van der Waals surface area contributed by atoms with Gasteiger partial charge in [0, 0.05) is 36.3 Å². The Labute approximate surface area is 215 Å². The van der Waals surface area contributed by atoms with Crippen LogP contribution in [-0.2, 0) is 0 Å². The fourth-order valence-electron chi connectivity index (χ4n) is 3.84. The predicted molar refractivity (Wildman–Crippen MR) is 135 cm³/mol. The second-order valence-corrected chi connectivity index (χ2v) is 8.04. The lowest BCUT2D eigenvalue weighted by atomic mass is 10.1. The molecule has 0 saturated carbocycles. The zero-order valence-electron chi connectivity index (χ0n) is 20.5. The number of carbonyl (C=O) groups excluding carboxylic acids is 1. The van der Waals surface area contributed by atoms with E-state index >= 15 is 4.39 Å². The van der Waals surface area contributed by atoms with Crippen LogP contribution in [0.4, 0.5) is 10.1 Å². The number of anilines is 1. The summed E-state index contributed by atoms with van der Waals surface area (Å²) in [7, 11) is 2.93. The van der Waals surface area contributed by atoms with Crippen molar-refractivity contribution in [3.63, 3.8) is 0 Å². The predicted octanol–water partition coefficient (Wildman–Crippen LogP) is 5.50. The Morgan fingerprint density at radius 3 is 2.61 bits per heavy atom. The topological polar surface area (TPSA) is 129 Å². The molecule has 192 valence electrons. The number of fused-ring (bicyclic) bond motifs is 1. The van der Waals surface area contributed by atoms with E-state index in [-0.39, 0.29) is 34.4 Å². The molecule has 5 rings (SSSR count). The van der Waals surface area contributed by atoms with Crippen LogP contribution in [0.3, 0.4) is 0 Å². The van der Waals surface area contributed by atoms with Crippen LogP contribution in [0.1, 0.15) is 16.1 Å². The van der Waals surface area contributed by atoms with E-state index in [0.717, 1.165) is 6.07 Å². The number of rotatable bonds is 7. The minimum atomic E-state index is -0.740. The number of halogens is 1. The Hall–Kier alpha value is -5.19. The molecular weight excluding hydrogens is 495 g/mol. The molecule has 0 bridgehead atoms. The van der Waals surface area contributed by atoms with Crippen LogP contribution < -0.4 is 19.5 Å². The molecule has 0 fully saturated rings. The highest BCUT2D eigenvalue weighted by Gasteiger charge is 2.21. The monoisotopic (exact) mass is 516 g/mol. The Balaban J connectivity index is 1.39. The van der Waals surface area contributed by atoms with Gasteiger partial charge in [0.25, 0.3) is 11.8 Å². The summed E-state index contributed by atoms with van der Waals surface area (Å²) in [5.41, 5.74) is 1.63. The van der Waals surface area contributed by atoms with Crippen LogP contribution in [0.5, 0.6) is 28.9 Å². The first-order valence-electron chi connectivity index (χ1n) is 11.3. The van der Waals surface area contributed by atoms with E-state index in [4.69, 9.17) is 18.6 Å². The maximum atomic E-state index is 15.0. The van der Waals surface area contributed by atoms with E-state index in [9.17, 15) is 9.90 Å². The van der Waals surface area contributed by atoms with Gasteiger partial charge in [-0.15, -0.1) is 0 Å². The SMILES string of the molecule is COc1cc2nccc(Oc3ccc(NC(=O)c4cnc(C)c(-c5ccco5)c4O)cc3F)c2nc1OC. The fraction of sp³-hybridized carbons (Fsp3) is 0.111. The third kappa shape index (κ3) is 4.52. The highest BCUT2D eigenvalue weighted by atomic mass is 19.1. The van der Waals surface area contributed by atoms with Gasteiger partial charge in [-0.3, -0.25) is 14.8 Å². The third-order valence-electron chi connectivity index (χ3n) is 5.68. The highest BCUT2D eigenvalue weighted by Crippen LogP contribution is 2.36. The summed E-state index contributed by atoms with van der Waals surface area (Å²) in [5.74, 6) is -0.599. The quantitative estimate of drug-likeness (QED) is 0.288. The summed E-state index contributed by atoms with van der Waals surface area (Å²) < 4.78 is 36.6. The van der Waals surface area contributed by atoms with Crippen LogP contribution >= 0.6 is 0 Å². The molecule has 38 heavy (non-hydrogen) atoms. The van der Waals surface area contributed by atoms with Gasteiger partial charge in [0.15, 0.2) is 23.1 Å². The average Bonchev–Trinajstić information content (AvgIpc) is 3.44. The Kier molecular flexibility index (Phi) is 6.48. The molecule has 1 aromatic carbocycles. The van der Waals surface area contributed by atoms with Crippen LogP contribution in [0, 0.1) is 12.7 Å². The number of ether oxygens (including phenoxy) is 3. The normalized spacial score (nSPS) is 10.8. The number of hydrogen-bond acceptors (Lipinski definition) is 9. The Morgan fingerprint density at radius 1 is 1.05 bits per heavy atom. The number of carbonyl (C=O) groups is 1. The van der Waals surface area contributed by atoms with Gasteiger partial charge in [-0.1, -0.05) is 0 Å². The number of aryl methyl sites for hydroxylation is 1. The van der Waals surface area contributed by atoms with E-state index < -0.39 is 11.7 Å². The lowest BCUT2D eigenvalue weighted by Crippen LogP contribution is -2.13. The maximum absolute atomic E-state index is 15.0. The van der Waals surface area contributed by atoms with Gasteiger partial charge < -0.3 is 29.1 Å². The second kappa shape index (κ2) is 10.1. The molecular formula is C27H21FN4O6. The van der Waals surface area contributed by atoms with Crippen molar-refractivity contribution in [2.75, 3.05) is 19.5 Å². The smallest absolute Gasteiger partial charge is 0.261 e. The number of furan rings is 1. The van der Waals surface area contributed by atoms with Crippen molar-refractivity contribution >= 4 is 22.6 Å². The van der Waals surface area contributed by atoms with Crippen LogP contribution in [-0.4, -0.2) is 40.2 Å². The van der Waals surface area contributed by atoms with Crippen molar-refractivity contribution in [1.82, 2.24) is 15.0 Å². The maximum Gasteiger partial charge on any atom is 0.261 e. The number of benzene rings is 1.